The maximum absolute atomic E-state index is 11.0. The van der Waals surface area contributed by atoms with Crippen LogP contribution in [0.15, 0.2) is 0 Å². The molecule has 1 aliphatic rings. The largest absolute Gasteiger partial charge is 0.356 e. The van der Waals surface area contributed by atoms with Gasteiger partial charge in [0.05, 0.1) is 5.92 Å². The van der Waals surface area contributed by atoms with Crippen LogP contribution in [-0.4, -0.2) is 19.0 Å². The van der Waals surface area contributed by atoms with Gasteiger partial charge in [-0.1, -0.05) is 6.92 Å². The zero-order valence-corrected chi connectivity index (χ0v) is 6.26. The summed E-state index contributed by atoms with van der Waals surface area (Å²) in [5.74, 6) is 0.633. The molecule has 0 bridgehead atoms. The third-order valence-corrected chi connectivity index (χ3v) is 2.18. The summed E-state index contributed by atoms with van der Waals surface area (Å²) in [6.45, 7) is 3.37. The van der Waals surface area contributed by atoms with E-state index in [1.54, 1.807) is 0 Å². The maximum atomic E-state index is 11.0. The minimum Gasteiger partial charge on any atom is -0.356 e. The standard InChI is InChI=1S/C7H14N2O/c1-5-2-3-9-7(10)6(5)4-8/h5-6H,2-4,8H2,1H3,(H,9,10)/t5-,6-/m1/s1. The predicted molar refractivity (Wildman–Crippen MR) is 39.3 cm³/mol. The molecule has 10 heavy (non-hydrogen) atoms. The van der Waals surface area contributed by atoms with Crippen molar-refractivity contribution in [3.63, 3.8) is 0 Å². The van der Waals surface area contributed by atoms with E-state index in [1.165, 1.54) is 0 Å². The molecule has 0 aliphatic carbocycles. The first kappa shape index (κ1) is 7.54. The minimum atomic E-state index is 0.0498. The molecule has 3 nitrogen and oxygen atoms in total. The summed E-state index contributed by atoms with van der Waals surface area (Å²) in [7, 11) is 0. The van der Waals surface area contributed by atoms with Gasteiger partial charge in [0, 0.05) is 13.1 Å². The minimum absolute atomic E-state index is 0.0498. The molecule has 0 spiro atoms. The third-order valence-electron chi connectivity index (χ3n) is 2.18. The van der Waals surface area contributed by atoms with Gasteiger partial charge in [-0.15, -0.1) is 0 Å². The molecule has 3 N–H and O–H groups in total. The van der Waals surface area contributed by atoms with Gasteiger partial charge in [0.1, 0.15) is 0 Å². The fourth-order valence-electron chi connectivity index (χ4n) is 1.35. The summed E-state index contributed by atoms with van der Waals surface area (Å²) in [6.07, 6.45) is 1.06. The Kier molecular flexibility index (Phi) is 2.27. The molecule has 0 aromatic carbocycles. The van der Waals surface area contributed by atoms with E-state index < -0.39 is 0 Å². The summed E-state index contributed by atoms with van der Waals surface area (Å²) in [6, 6.07) is 0. The zero-order chi connectivity index (χ0) is 7.56. The van der Waals surface area contributed by atoms with E-state index in [0.717, 1.165) is 13.0 Å². The van der Waals surface area contributed by atoms with E-state index in [9.17, 15) is 4.79 Å². The number of carbonyl (C=O) groups is 1. The molecule has 1 fully saturated rings. The molecule has 58 valence electrons. The monoisotopic (exact) mass is 142 g/mol. The van der Waals surface area contributed by atoms with Gasteiger partial charge in [-0.3, -0.25) is 4.79 Å². The van der Waals surface area contributed by atoms with Crippen molar-refractivity contribution < 1.29 is 4.79 Å². The second-order valence-electron chi connectivity index (χ2n) is 2.90. The number of carbonyl (C=O) groups excluding carboxylic acids is 1. The van der Waals surface area contributed by atoms with Crippen molar-refractivity contribution in [3.8, 4) is 0 Å². The fraction of sp³-hybridized carbons (Fsp3) is 0.857. The molecular weight excluding hydrogens is 128 g/mol. The van der Waals surface area contributed by atoms with E-state index in [4.69, 9.17) is 5.73 Å². The van der Waals surface area contributed by atoms with Crippen LogP contribution < -0.4 is 11.1 Å². The Labute approximate surface area is 61.0 Å². The van der Waals surface area contributed by atoms with Crippen molar-refractivity contribution in [2.75, 3.05) is 13.1 Å². The molecule has 1 saturated heterocycles. The Hall–Kier alpha value is -0.570. The fourth-order valence-corrected chi connectivity index (χ4v) is 1.35. The van der Waals surface area contributed by atoms with Crippen LogP contribution in [0.25, 0.3) is 0 Å². The highest BCUT2D eigenvalue weighted by Crippen LogP contribution is 2.17. The lowest BCUT2D eigenvalue weighted by molar-refractivity contribution is -0.128. The number of nitrogens with one attached hydrogen (secondary N) is 1. The van der Waals surface area contributed by atoms with Gasteiger partial charge < -0.3 is 11.1 Å². The number of piperidine rings is 1. The smallest absolute Gasteiger partial charge is 0.224 e. The van der Waals surface area contributed by atoms with Gasteiger partial charge >= 0.3 is 0 Å². The van der Waals surface area contributed by atoms with Crippen molar-refractivity contribution in [2.24, 2.45) is 17.6 Å². The van der Waals surface area contributed by atoms with E-state index in [2.05, 4.69) is 12.2 Å². The summed E-state index contributed by atoms with van der Waals surface area (Å²) in [5.41, 5.74) is 5.42. The summed E-state index contributed by atoms with van der Waals surface area (Å²) < 4.78 is 0. The quantitative estimate of drug-likeness (QED) is 0.529. The molecule has 0 aromatic rings. The van der Waals surface area contributed by atoms with Gasteiger partial charge in [0.25, 0.3) is 0 Å². The average molecular weight is 142 g/mol. The highest BCUT2D eigenvalue weighted by atomic mass is 16.1. The molecule has 0 saturated carbocycles. The first-order valence-electron chi connectivity index (χ1n) is 3.73. The second kappa shape index (κ2) is 3.01. The molecule has 3 heteroatoms. The first-order valence-corrected chi connectivity index (χ1v) is 3.73. The molecule has 1 heterocycles. The molecule has 1 aliphatic heterocycles. The lowest BCUT2D eigenvalue weighted by Crippen LogP contribution is -2.44. The Morgan fingerprint density at radius 1 is 1.80 bits per heavy atom. The van der Waals surface area contributed by atoms with Crippen LogP contribution in [-0.2, 0) is 4.79 Å². The van der Waals surface area contributed by atoms with E-state index in [0.29, 0.717) is 12.5 Å². The van der Waals surface area contributed by atoms with E-state index in [1.807, 2.05) is 0 Å². The van der Waals surface area contributed by atoms with Gasteiger partial charge in [-0.05, 0) is 12.3 Å². The number of nitrogens with two attached hydrogens (primary N) is 1. The second-order valence-corrected chi connectivity index (χ2v) is 2.90. The summed E-state index contributed by atoms with van der Waals surface area (Å²) in [5, 5.41) is 2.79. The molecule has 1 rings (SSSR count). The van der Waals surface area contributed by atoms with Crippen molar-refractivity contribution in [1.29, 1.82) is 0 Å². The van der Waals surface area contributed by atoms with E-state index >= 15 is 0 Å². The third kappa shape index (κ3) is 1.29. The topological polar surface area (TPSA) is 55.1 Å². The van der Waals surface area contributed by atoms with Crippen LogP contribution in [0.5, 0.6) is 0 Å². The summed E-state index contributed by atoms with van der Waals surface area (Å²) in [4.78, 5) is 11.0. The highest BCUT2D eigenvalue weighted by molar-refractivity contribution is 5.79. The van der Waals surface area contributed by atoms with Crippen LogP contribution in [0.4, 0.5) is 0 Å². The van der Waals surface area contributed by atoms with Crippen molar-refractivity contribution in [3.05, 3.63) is 0 Å². The molecule has 0 aromatic heterocycles. The lowest BCUT2D eigenvalue weighted by atomic mass is 9.88. The van der Waals surface area contributed by atoms with E-state index in [-0.39, 0.29) is 11.8 Å². The normalized spacial score (nSPS) is 33.6. The Morgan fingerprint density at radius 2 is 2.50 bits per heavy atom. The Bertz CT molecular complexity index is 136. The van der Waals surface area contributed by atoms with Crippen molar-refractivity contribution >= 4 is 5.91 Å². The SMILES string of the molecule is C[C@@H]1CCNC(=O)[C@@H]1CN. The molecule has 2 atom stereocenters. The molecule has 1 amide bonds. The molecule has 0 radical (unpaired) electrons. The number of amides is 1. The number of rotatable bonds is 1. The maximum Gasteiger partial charge on any atom is 0.224 e. The lowest BCUT2D eigenvalue weighted by Gasteiger charge is -2.26. The van der Waals surface area contributed by atoms with Crippen molar-refractivity contribution in [1.82, 2.24) is 5.32 Å². The van der Waals surface area contributed by atoms with Gasteiger partial charge in [0.15, 0.2) is 0 Å². The van der Waals surface area contributed by atoms with Crippen molar-refractivity contribution in [2.45, 2.75) is 13.3 Å². The number of hydrogen-bond donors (Lipinski definition) is 2. The van der Waals surface area contributed by atoms with Crippen LogP contribution in [0.2, 0.25) is 0 Å². The number of hydrogen-bond acceptors (Lipinski definition) is 2. The summed E-state index contributed by atoms with van der Waals surface area (Å²) >= 11 is 0. The van der Waals surface area contributed by atoms with Crippen LogP contribution in [0.1, 0.15) is 13.3 Å². The zero-order valence-electron chi connectivity index (χ0n) is 6.26. The van der Waals surface area contributed by atoms with Crippen LogP contribution in [0.3, 0.4) is 0 Å². The molecule has 0 unspecified atom stereocenters. The van der Waals surface area contributed by atoms with Gasteiger partial charge in [-0.2, -0.15) is 0 Å². The Balaban J connectivity index is 2.53. The molecular formula is C7H14N2O. The average Bonchev–Trinajstić information content (AvgIpc) is 1.88. The van der Waals surface area contributed by atoms with Gasteiger partial charge in [-0.25, -0.2) is 0 Å². The van der Waals surface area contributed by atoms with Crippen LogP contribution in [0, 0.1) is 11.8 Å². The predicted octanol–water partition coefficient (Wildman–Crippen LogP) is -0.283. The first-order chi connectivity index (χ1) is 4.75. The Morgan fingerprint density at radius 3 is 2.90 bits per heavy atom. The highest BCUT2D eigenvalue weighted by Gasteiger charge is 2.26. The van der Waals surface area contributed by atoms with Crippen LogP contribution >= 0.6 is 0 Å². The van der Waals surface area contributed by atoms with Gasteiger partial charge in [0.2, 0.25) is 5.91 Å².